The highest BCUT2D eigenvalue weighted by Crippen LogP contribution is 2.21. The van der Waals surface area contributed by atoms with E-state index < -0.39 is 0 Å². The Morgan fingerprint density at radius 2 is 2.19 bits per heavy atom. The number of aromatic nitrogens is 3. The maximum Gasteiger partial charge on any atom is 0.220 e. The Labute approximate surface area is 126 Å². The van der Waals surface area contributed by atoms with Crippen molar-refractivity contribution >= 4 is 5.91 Å². The first kappa shape index (κ1) is 15.9. The van der Waals surface area contributed by atoms with Gasteiger partial charge in [-0.25, -0.2) is 4.98 Å². The van der Waals surface area contributed by atoms with Gasteiger partial charge in [-0.2, -0.15) is 5.10 Å². The number of rotatable bonds is 6. The van der Waals surface area contributed by atoms with Crippen molar-refractivity contribution in [3.63, 3.8) is 0 Å². The Morgan fingerprint density at radius 1 is 1.48 bits per heavy atom. The number of amides is 1. The van der Waals surface area contributed by atoms with Gasteiger partial charge < -0.3 is 10.2 Å². The van der Waals surface area contributed by atoms with Crippen molar-refractivity contribution in [3.05, 3.63) is 12.2 Å². The minimum Gasteiger partial charge on any atom is -0.346 e. The molecule has 0 saturated carbocycles. The third-order valence-electron chi connectivity index (χ3n) is 4.23. The SMILES string of the molecule is CCCN1CCC(CC(=O)NC(C)c2ncnn2C)CC1. The Balaban J connectivity index is 1.74. The summed E-state index contributed by atoms with van der Waals surface area (Å²) in [6.45, 7) is 7.61. The number of carbonyl (C=O) groups is 1. The molecule has 1 saturated heterocycles. The lowest BCUT2D eigenvalue weighted by molar-refractivity contribution is -0.123. The van der Waals surface area contributed by atoms with Crippen LogP contribution in [0.4, 0.5) is 0 Å². The third-order valence-corrected chi connectivity index (χ3v) is 4.23. The summed E-state index contributed by atoms with van der Waals surface area (Å²) in [6, 6.07) is -0.0924. The second-order valence-corrected chi connectivity index (χ2v) is 6.02. The van der Waals surface area contributed by atoms with E-state index in [9.17, 15) is 4.79 Å². The lowest BCUT2D eigenvalue weighted by Crippen LogP contribution is -2.36. The van der Waals surface area contributed by atoms with Gasteiger partial charge in [0.25, 0.3) is 0 Å². The molecular weight excluding hydrogens is 266 g/mol. The standard InChI is InChI=1S/C15H27N5O/c1-4-7-20-8-5-13(6-9-20)10-14(21)18-12(2)15-16-11-17-19(15)3/h11-13H,4-10H2,1-3H3,(H,18,21). The largest absolute Gasteiger partial charge is 0.346 e. The molecule has 1 unspecified atom stereocenters. The Kier molecular flexibility index (Phi) is 5.73. The van der Waals surface area contributed by atoms with Crippen LogP contribution in [-0.4, -0.2) is 45.2 Å². The number of nitrogens with one attached hydrogen (secondary N) is 1. The molecule has 1 aromatic rings. The average Bonchev–Trinajstić information content (AvgIpc) is 2.87. The molecular formula is C15H27N5O. The summed E-state index contributed by atoms with van der Waals surface area (Å²) < 4.78 is 1.70. The summed E-state index contributed by atoms with van der Waals surface area (Å²) in [7, 11) is 1.84. The highest BCUT2D eigenvalue weighted by atomic mass is 16.1. The minimum absolute atomic E-state index is 0.0924. The van der Waals surface area contributed by atoms with Gasteiger partial charge in [-0.15, -0.1) is 0 Å². The first-order valence-electron chi connectivity index (χ1n) is 7.95. The van der Waals surface area contributed by atoms with Crippen LogP contribution in [0.1, 0.15) is 51.4 Å². The zero-order valence-electron chi connectivity index (χ0n) is 13.4. The number of likely N-dealkylation sites (tertiary alicyclic amines) is 1. The van der Waals surface area contributed by atoms with Crippen LogP contribution in [0.3, 0.4) is 0 Å². The molecule has 21 heavy (non-hydrogen) atoms. The van der Waals surface area contributed by atoms with Crippen LogP contribution in [0, 0.1) is 5.92 Å². The summed E-state index contributed by atoms with van der Waals surface area (Å²) >= 11 is 0. The third kappa shape index (κ3) is 4.52. The quantitative estimate of drug-likeness (QED) is 0.863. The van der Waals surface area contributed by atoms with Crippen LogP contribution in [-0.2, 0) is 11.8 Å². The molecule has 0 radical (unpaired) electrons. The molecule has 0 aromatic carbocycles. The van der Waals surface area contributed by atoms with E-state index in [-0.39, 0.29) is 11.9 Å². The minimum atomic E-state index is -0.0924. The Morgan fingerprint density at radius 3 is 2.76 bits per heavy atom. The van der Waals surface area contributed by atoms with E-state index in [1.807, 2.05) is 14.0 Å². The molecule has 1 aliphatic heterocycles. The van der Waals surface area contributed by atoms with Crippen molar-refractivity contribution < 1.29 is 4.79 Å². The number of hydrogen-bond donors (Lipinski definition) is 1. The van der Waals surface area contributed by atoms with Gasteiger partial charge in [0.1, 0.15) is 12.2 Å². The molecule has 1 atom stereocenters. The Hall–Kier alpha value is -1.43. The lowest BCUT2D eigenvalue weighted by Gasteiger charge is -2.31. The predicted molar refractivity (Wildman–Crippen MR) is 81.6 cm³/mol. The fourth-order valence-corrected chi connectivity index (χ4v) is 3.05. The van der Waals surface area contributed by atoms with Gasteiger partial charge in [0.2, 0.25) is 5.91 Å². The number of hydrogen-bond acceptors (Lipinski definition) is 4. The van der Waals surface area contributed by atoms with Crippen LogP contribution >= 0.6 is 0 Å². The molecule has 1 fully saturated rings. The summed E-state index contributed by atoms with van der Waals surface area (Å²) in [4.78, 5) is 18.8. The average molecular weight is 293 g/mol. The maximum atomic E-state index is 12.2. The van der Waals surface area contributed by atoms with Crippen LogP contribution in [0.15, 0.2) is 6.33 Å². The molecule has 1 amide bonds. The predicted octanol–water partition coefficient (Wildman–Crippen LogP) is 1.50. The molecule has 1 aliphatic rings. The second-order valence-electron chi connectivity index (χ2n) is 6.02. The number of carbonyl (C=O) groups excluding carboxylic acids is 1. The van der Waals surface area contributed by atoms with Gasteiger partial charge in [0.15, 0.2) is 0 Å². The Bertz CT molecular complexity index is 451. The number of aryl methyl sites for hydroxylation is 1. The van der Waals surface area contributed by atoms with Crippen molar-refractivity contribution in [1.82, 2.24) is 25.0 Å². The van der Waals surface area contributed by atoms with E-state index in [2.05, 4.69) is 27.2 Å². The van der Waals surface area contributed by atoms with Gasteiger partial charge in [-0.3, -0.25) is 9.48 Å². The van der Waals surface area contributed by atoms with E-state index in [1.54, 1.807) is 4.68 Å². The molecule has 2 rings (SSSR count). The summed E-state index contributed by atoms with van der Waals surface area (Å²) in [5.41, 5.74) is 0. The maximum absolute atomic E-state index is 12.2. The first-order valence-corrected chi connectivity index (χ1v) is 7.95. The highest BCUT2D eigenvalue weighted by Gasteiger charge is 2.22. The van der Waals surface area contributed by atoms with E-state index in [0.717, 1.165) is 31.8 Å². The van der Waals surface area contributed by atoms with E-state index in [1.165, 1.54) is 19.3 Å². The number of nitrogens with zero attached hydrogens (tertiary/aromatic N) is 4. The molecule has 1 aromatic heterocycles. The fraction of sp³-hybridized carbons (Fsp3) is 0.800. The van der Waals surface area contributed by atoms with Gasteiger partial charge in [-0.1, -0.05) is 6.92 Å². The van der Waals surface area contributed by atoms with Crippen LogP contribution < -0.4 is 5.32 Å². The summed E-state index contributed by atoms with van der Waals surface area (Å²) in [5, 5.41) is 7.07. The van der Waals surface area contributed by atoms with Gasteiger partial charge >= 0.3 is 0 Å². The first-order chi connectivity index (χ1) is 10.1. The lowest BCUT2D eigenvalue weighted by atomic mass is 9.93. The molecule has 0 bridgehead atoms. The van der Waals surface area contributed by atoms with Crippen LogP contribution in [0.5, 0.6) is 0 Å². The van der Waals surface area contributed by atoms with Crippen molar-refractivity contribution in [1.29, 1.82) is 0 Å². The van der Waals surface area contributed by atoms with Crippen molar-refractivity contribution in [2.24, 2.45) is 13.0 Å². The molecule has 6 heteroatoms. The molecule has 6 nitrogen and oxygen atoms in total. The van der Waals surface area contributed by atoms with Crippen molar-refractivity contribution in [2.45, 2.75) is 45.6 Å². The van der Waals surface area contributed by atoms with Gasteiger partial charge in [0, 0.05) is 13.5 Å². The summed E-state index contributed by atoms with van der Waals surface area (Å²) in [6.07, 6.45) is 5.61. The topological polar surface area (TPSA) is 63.1 Å². The monoisotopic (exact) mass is 293 g/mol. The van der Waals surface area contributed by atoms with E-state index in [4.69, 9.17) is 0 Å². The molecule has 0 spiro atoms. The second kappa shape index (κ2) is 7.54. The molecule has 118 valence electrons. The molecule has 2 heterocycles. The van der Waals surface area contributed by atoms with Crippen LogP contribution in [0.25, 0.3) is 0 Å². The summed E-state index contributed by atoms with van der Waals surface area (Å²) in [5.74, 6) is 1.44. The smallest absolute Gasteiger partial charge is 0.220 e. The van der Waals surface area contributed by atoms with Crippen LogP contribution in [0.2, 0.25) is 0 Å². The highest BCUT2D eigenvalue weighted by molar-refractivity contribution is 5.76. The van der Waals surface area contributed by atoms with Crippen molar-refractivity contribution in [3.8, 4) is 0 Å². The molecule has 1 N–H and O–H groups in total. The zero-order chi connectivity index (χ0) is 15.2. The van der Waals surface area contributed by atoms with E-state index in [0.29, 0.717) is 12.3 Å². The zero-order valence-corrected chi connectivity index (χ0v) is 13.4. The van der Waals surface area contributed by atoms with Gasteiger partial charge in [-0.05, 0) is 51.7 Å². The van der Waals surface area contributed by atoms with E-state index >= 15 is 0 Å². The normalized spacial score (nSPS) is 18.6. The number of piperidine rings is 1. The molecule has 0 aliphatic carbocycles. The fourth-order valence-electron chi connectivity index (χ4n) is 3.05. The van der Waals surface area contributed by atoms with Crippen molar-refractivity contribution in [2.75, 3.05) is 19.6 Å². The van der Waals surface area contributed by atoms with Gasteiger partial charge in [0.05, 0.1) is 6.04 Å².